The highest BCUT2D eigenvalue weighted by atomic mass is 28.4. The Balaban J connectivity index is 2.30. The standard InChI is InChI=1S/C8H18O4Si/c1-13(2,3)12-5-7-8(10)6(9)4-11-7/h6-10H,4-5H2,1-3H3/t6-,7-,8-/m1/s1. The van der Waals surface area contributed by atoms with E-state index < -0.39 is 20.5 Å². The van der Waals surface area contributed by atoms with Crippen LogP contribution >= 0.6 is 0 Å². The second-order valence-corrected chi connectivity index (χ2v) is 8.87. The molecule has 1 aliphatic rings. The van der Waals surface area contributed by atoms with Crippen molar-refractivity contribution in [2.45, 2.75) is 38.0 Å². The third-order valence-electron chi connectivity index (χ3n) is 1.94. The van der Waals surface area contributed by atoms with E-state index in [0.717, 1.165) is 0 Å². The molecule has 1 heterocycles. The molecule has 0 aliphatic carbocycles. The minimum Gasteiger partial charge on any atom is -0.415 e. The molecule has 1 fully saturated rings. The third kappa shape index (κ3) is 3.36. The van der Waals surface area contributed by atoms with Gasteiger partial charge in [-0.05, 0) is 19.6 Å². The second-order valence-electron chi connectivity index (χ2n) is 4.35. The van der Waals surface area contributed by atoms with Crippen molar-refractivity contribution in [3.05, 3.63) is 0 Å². The molecular weight excluding hydrogens is 188 g/mol. The third-order valence-corrected chi connectivity index (χ3v) is 2.97. The van der Waals surface area contributed by atoms with Gasteiger partial charge in [0, 0.05) is 0 Å². The van der Waals surface area contributed by atoms with Crippen LogP contribution in [0.1, 0.15) is 0 Å². The van der Waals surface area contributed by atoms with Gasteiger partial charge in [-0.15, -0.1) is 0 Å². The first kappa shape index (κ1) is 11.1. The first-order valence-corrected chi connectivity index (χ1v) is 7.92. The molecule has 5 heteroatoms. The molecule has 0 aromatic carbocycles. The SMILES string of the molecule is C[Si](C)(C)OC[C@H]1OC[C@@H](O)[C@H]1O. The highest BCUT2D eigenvalue weighted by molar-refractivity contribution is 6.69. The van der Waals surface area contributed by atoms with Crippen LogP contribution in [0.25, 0.3) is 0 Å². The van der Waals surface area contributed by atoms with Crippen LogP contribution in [0.5, 0.6) is 0 Å². The van der Waals surface area contributed by atoms with E-state index >= 15 is 0 Å². The van der Waals surface area contributed by atoms with Crippen LogP contribution in [0.2, 0.25) is 19.6 Å². The fourth-order valence-corrected chi connectivity index (χ4v) is 1.81. The Kier molecular flexibility index (Phi) is 3.48. The molecule has 1 aliphatic heterocycles. The van der Waals surface area contributed by atoms with E-state index in [0.29, 0.717) is 6.61 Å². The van der Waals surface area contributed by atoms with Crippen molar-refractivity contribution in [3.63, 3.8) is 0 Å². The molecule has 0 radical (unpaired) electrons. The molecule has 2 N–H and O–H groups in total. The zero-order valence-electron chi connectivity index (χ0n) is 8.36. The summed E-state index contributed by atoms with van der Waals surface area (Å²) in [6.07, 6.45) is -1.91. The number of rotatable bonds is 3. The van der Waals surface area contributed by atoms with E-state index in [-0.39, 0.29) is 12.7 Å². The van der Waals surface area contributed by atoms with Crippen molar-refractivity contribution < 1.29 is 19.4 Å². The van der Waals surface area contributed by atoms with E-state index in [1.54, 1.807) is 0 Å². The summed E-state index contributed by atoms with van der Waals surface area (Å²) in [5.41, 5.74) is 0. The molecule has 4 nitrogen and oxygen atoms in total. The van der Waals surface area contributed by atoms with Gasteiger partial charge in [-0.3, -0.25) is 0 Å². The minimum absolute atomic E-state index is 0.209. The summed E-state index contributed by atoms with van der Waals surface area (Å²) >= 11 is 0. The Morgan fingerprint density at radius 2 is 2.00 bits per heavy atom. The lowest BCUT2D eigenvalue weighted by atomic mass is 10.2. The number of hydrogen-bond donors (Lipinski definition) is 2. The van der Waals surface area contributed by atoms with E-state index in [1.807, 2.05) is 0 Å². The summed E-state index contributed by atoms with van der Waals surface area (Å²) in [6, 6.07) is 0. The Morgan fingerprint density at radius 1 is 1.38 bits per heavy atom. The lowest BCUT2D eigenvalue weighted by Gasteiger charge is -2.21. The Bertz CT molecular complexity index is 168. The molecule has 13 heavy (non-hydrogen) atoms. The quantitative estimate of drug-likeness (QED) is 0.636. The van der Waals surface area contributed by atoms with Crippen molar-refractivity contribution in [2.75, 3.05) is 13.2 Å². The van der Waals surface area contributed by atoms with Crippen molar-refractivity contribution in [3.8, 4) is 0 Å². The minimum atomic E-state index is -1.55. The smallest absolute Gasteiger partial charge is 0.183 e. The maximum atomic E-state index is 9.41. The van der Waals surface area contributed by atoms with Gasteiger partial charge >= 0.3 is 0 Å². The van der Waals surface area contributed by atoms with Gasteiger partial charge in [0.05, 0.1) is 13.2 Å². The Morgan fingerprint density at radius 3 is 2.38 bits per heavy atom. The largest absolute Gasteiger partial charge is 0.415 e. The van der Waals surface area contributed by atoms with Crippen molar-refractivity contribution in [1.29, 1.82) is 0 Å². The second kappa shape index (κ2) is 4.06. The molecule has 3 atom stereocenters. The molecule has 0 amide bonds. The number of hydrogen-bond acceptors (Lipinski definition) is 4. The van der Waals surface area contributed by atoms with Crippen molar-refractivity contribution in [1.82, 2.24) is 0 Å². The molecule has 0 saturated carbocycles. The molecule has 78 valence electrons. The van der Waals surface area contributed by atoms with E-state index in [4.69, 9.17) is 9.16 Å². The van der Waals surface area contributed by atoms with Gasteiger partial charge in [-0.1, -0.05) is 0 Å². The summed E-state index contributed by atoms with van der Waals surface area (Å²) in [5.74, 6) is 0. The Hall–Kier alpha value is 0.0569. The molecule has 1 saturated heterocycles. The van der Waals surface area contributed by atoms with E-state index in [2.05, 4.69) is 19.6 Å². The zero-order valence-corrected chi connectivity index (χ0v) is 9.36. The van der Waals surface area contributed by atoms with Crippen LogP contribution in [-0.4, -0.2) is 50.1 Å². The topological polar surface area (TPSA) is 58.9 Å². The van der Waals surface area contributed by atoms with Crippen LogP contribution < -0.4 is 0 Å². The molecule has 0 aromatic heterocycles. The summed E-state index contributed by atoms with van der Waals surface area (Å²) < 4.78 is 10.7. The number of ether oxygens (including phenoxy) is 1. The molecule has 1 rings (SSSR count). The first-order chi connectivity index (χ1) is 5.90. The molecule has 0 unspecified atom stereocenters. The van der Waals surface area contributed by atoms with Gasteiger partial charge in [0.1, 0.15) is 18.3 Å². The van der Waals surface area contributed by atoms with Gasteiger partial charge < -0.3 is 19.4 Å². The van der Waals surface area contributed by atoms with Crippen molar-refractivity contribution >= 4 is 8.32 Å². The fraction of sp³-hybridized carbons (Fsp3) is 1.00. The first-order valence-electron chi connectivity index (χ1n) is 4.52. The maximum Gasteiger partial charge on any atom is 0.183 e. The Labute approximate surface area is 79.6 Å². The van der Waals surface area contributed by atoms with Gasteiger partial charge in [0.25, 0.3) is 0 Å². The molecule has 0 spiro atoms. The summed E-state index contributed by atoms with van der Waals surface area (Å²) in [7, 11) is -1.55. The number of aliphatic hydroxyl groups is 2. The van der Waals surface area contributed by atoms with Gasteiger partial charge in [0.15, 0.2) is 8.32 Å². The summed E-state index contributed by atoms with van der Waals surface area (Å²) in [5, 5.41) is 18.6. The van der Waals surface area contributed by atoms with Crippen LogP contribution in [-0.2, 0) is 9.16 Å². The fourth-order valence-electron chi connectivity index (χ4n) is 1.15. The average Bonchev–Trinajstić information content (AvgIpc) is 2.29. The van der Waals surface area contributed by atoms with E-state index in [9.17, 15) is 10.2 Å². The van der Waals surface area contributed by atoms with Crippen LogP contribution in [0.3, 0.4) is 0 Å². The number of aliphatic hydroxyl groups excluding tert-OH is 2. The highest BCUT2D eigenvalue weighted by Gasteiger charge is 2.35. The van der Waals surface area contributed by atoms with E-state index in [1.165, 1.54) is 0 Å². The highest BCUT2D eigenvalue weighted by Crippen LogP contribution is 2.16. The zero-order chi connectivity index (χ0) is 10.1. The maximum absolute atomic E-state index is 9.41. The lowest BCUT2D eigenvalue weighted by molar-refractivity contribution is -0.00172. The van der Waals surface area contributed by atoms with Crippen LogP contribution in [0, 0.1) is 0 Å². The lowest BCUT2D eigenvalue weighted by Crippen LogP contribution is -2.37. The molecule has 0 aromatic rings. The van der Waals surface area contributed by atoms with Crippen LogP contribution in [0.4, 0.5) is 0 Å². The van der Waals surface area contributed by atoms with Gasteiger partial charge in [-0.2, -0.15) is 0 Å². The monoisotopic (exact) mass is 206 g/mol. The predicted molar refractivity (Wildman–Crippen MR) is 51.1 cm³/mol. The molecular formula is C8H18O4Si. The van der Waals surface area contributed by atoms with Crippen LogP contribution in [0.15, 0.2) is 0 Å². The van der Waals surface area contributed by atoms with Crippen molar-refractivity contribution in [2.24, 2.45) is 0 Å². The predicted octanol–water partition coefficient (Wildman–Crippen LogP) is -0.0415. The van der Waals surface area contributed by atoms with Gasteiger partial charge in [0.2, 0.25) is 0 Å². The average molecular weight is 206 g/mol. The summed E-state index contributed by atoms with van der Waals surface area (Å²) in [6.45, 7) is 6.81. The molecule has 0 bridgehead atoms. The van der Waals surface area contributed by atoms with Gasteiger partial charge in [-0.25, -0.2) is 0 Å². The normalized spacial score (nSPS) is 35.3. The summed E-state index contributed by atoms with van der Waals surface area (Å²) in [4.78, 5) is 0.